The van der Waals surface area contributed by atoms with Crippen LogP contribution in [0.2, 0.25) is 0 Å². The molecule has 4 heteroatoms. The van der Waals surface area contributed by atoms with Crippen molar-refractivity contribution in [2.45, 2.75) is 0 Å². The van der Waals surface area contributed by atoms with E-state index >= 15 is 0 Å². The minimum atomic E-state index is 0. The molecule has 0 N–H and O–H groups in total. The summed E-state index contributed by atoms with van der Waals surface area (Å²) in [5.74, 6) is 0. The van der Waals surface area contributed by atoms with Gasteiger partial charge in [-0.25, -0.2) is 0 Å². The fourth-order valence-electron chi connectivity index (χ4n) is 0. The Morgan fingerprint density at radius 1 is 1.25 bits per heavy atom. The zero-order valence-corrected chi connectivity index (χ0v) is 15.8. The number of rotatable bonds is 0. The first-order valence-corrected chi connectivity index (χ1v) is 5.81. The van der Waals surface area contributed by atoms with Gasteiger partial charge in [0.2, 0.25) is 0 Å². The Bertz CT molecular complexity index is 8.00. The molecule has 0 radical (unpaired) electrons. The second-order valence-electron chi connectivity index (χ2n) is 0. The van der Waals surface area contributed by atoms with Crippen LogP contribution in [0.5, 0.6) is 0 Å². The van der Waals surface area contributed by atoms with Crippen molar-refractivity contribution in [3.05, 3.63) is 0 Å². The van der Waals surface area contributed by atoms with Crippen LogP contribution < -0.4 is 0 Å². The molecule has 0 atom stereocenters. The first-order valence-electron chi connectivity index (χ1n) is 0.167. The molecule has 0 saturated carbocycles. The number of hydrogen-bond acceptors (Lipinski definition) is 0. The quantitative estimate of drug-likeness (QED) is 0.284. The van der Waals surface area contributed by atoms with Gasteiger partial charge in [-0.1, -0.05) is 0 Å². The molecule has 0 spiro atoms. The Balaban J connectivity index is -0.00000000500. The van der Waals surface area contributed by atoms with Crippen molar-refractivity contribution in [3.63, 3.8) is 0 Å². The van der Waals surface area contributed by atoms with E-state index in [1.165, 1.54) is 0 Å². The molecule has 0 aromatic rings. The van der Waals surface area contributed by atoms with Crippen LogP contribution in [-0.2, 0) is 0 Å². The van der Waals surface area contributed by atoms with Crippen LogP contribution in [0.25, 0.3) is 0 Å². The van der Waals surface area contributed by atoms with Gasteiger partial charge in [-0.05, 0) is 0 Å². The Hall–Kier alpha value is 3.01. The van der Waals surface area contributed by atoms with Gasteiger partial charge in [0.05, 0.1) is 0 Å². The van der Waals surface area contributed by atoms with Gasteiger partial charge in [-0.15, -0.1) is 0 Å². The fraction of sp³-hybridized carbons (Fsp3) is 0. The molecule has 0 bridgehead atoms. The summed E-state index contributed by atoms with van der Waals surface area (Å²) >= 11 is 4.46. The van der Waals surface area contributed by atoms with Crippen LogP contribution >= 0.6 is 0 Å². The predicted octanol–water partition coefficient (Wildman–Crippen LogP) is -3.13. The van der Waals surface area contributed by atoms with E-state index in [2.05, 4.69) is 12.3 Å². The third-order valence-electron chi connectivity index (χ3n) is 0. The van der Waals surface area contributed by atoms with Gasteiger partial charge in [-0.2, -0.15) is 0 Å². The zero-order chi connectivity index (χ0) is 2.00. The third kappa shape index (κ3) is 8.89. The monoisotopic (exact) mass is 546 g/mol. The van der Waals surface area contributed by atoms with Crippen molar-refractivity contribution in [2.75, 3.05) is 0 Å². The first-order chi connectivity index (χ1) is 1.00. The van der Waals surface area contributed by atoms with Gasteiger partial charge in [0.15, 0.2) is 0 Å². The van der Waals surface area contributed by atoms with E-state index in [-0.39, 0.29) is 50.6 Å². The molecule has 0 unspecified atom stereocenters. The van der Waals surface area contributed by atoms with Crippen molar-refractivity contribution in [1.29, 1.82) is 0 Å². The van der Waals surface area contributed by atoms with E-state index in [0.717, 1.165) is 0 Å². The summed E-state index contributed by atoms with van der Waals surface area (Å²) in [4.78, 5) is 0. The molecule has 0 nitrogen and oxygen atoms in total. The van der Waals surface area contributed by atoms with E-state index in [9.17, 15) is 0 Å². The molecule has 0 aromatic heterocycles. The molecule has 0 rings (SSSR count). The number of hydrogen-bond donors (Lipinski definition) is 0. The average molecular weight is 543 g/mol. The molecule has 0 fully saturated rings. The summed E-state index contributed by atoms with van der Waals surface area (Å²) < 4.78 is 0. The Labute approximate surface area is 80.6 Å². The first kappa shape index (κ1) is 15.7. The Kier molecular flexibility index (Phi) is 65.5. The summed E-state index contributed by atoms with van der Waals surface area (Å²) in [6.07, 6.45) is 0. The Morgan fingerprint density at radius 2 is 1.25 bits per heavy atom. The summed E-state index contributed by atoms with van der Waals surface area (Å²) in [5, 5.41) is 0. The van der Waals surface area contributed by atoms with E-state index in [0.29, 0.717) is 0 Å². The molecule has 0 amide bonds. The van der Waals surface area contributed by atoms with Gasteiger partial charge in [0.25, 0.3) is 0 Å². The third-order valence-corrected chi connectivity index (χ3v) is 0. The molecule has 0 heterocycles. The van der Waals surface area contributed by atoms with Crippen LogP contribution in [0.3, 0.4) is 0 Å². The fourth-order valence-corrected chi connectivity index (χ4v) is 0. The normalized spacial score (nSPS) is 1.00. The topological polar surface area (TPSA) is 0 Å². The zero-order valence-electron chi connectivity index (χ0n) is 2.23. The molecular formula is H6BiSbSeTe. The van der Waals surface area contributed by atoms with E-state index in [1.807, 2.05) is 19.5 Å². The van der Waals surface area contributed by atoms with Gasteiger partial charge in [0, 0.05) is 0 Å². The van der Waals surface area contributed by atoms with Crippen LogP contribution in [0, 0.1) is 0 Å². The van der Waals surface area contributed by atoms with Crippen LogP contribution in [0.15, 0.2) is 0 Å². The Morgan fingerprint density at radius 3 is 1.25 bits per heavy atom. The standard InChI is InChI=1S/Bi.Sb.SeTe.6H/c;;1-2;;;;;;. The van der Waals surface area contributed by atoms with Crippen LogP contribution in [0.4, 0.5) is 0 Å². The molecule has 0 aliphatic carbocycles. The van der Waals surface area contributed by atoms with Crippen molar-refractivity contribution in [3.8, 4) is 0 Å². The van der Waals surface area contributed by atoms with E-state index in [1.54, 1.807) is 0 Å². The minimum absolute atomic E-state index is 0. The summed E-state index contributed by atoms with van der Waals surface area (Å²) in [6.45, 7) is 0. The molecule has 0 aliphatic heterocycles. The van der Waals surface area contributed by atoms with E-state index < -0.39 is 0 Å². The second kappa shape index (κ2) is 16.6. The molecule has 28 valence electrons. The average Bonchev–Trinajstić information content (AvgIpc) is 1.00. The van der Waals surface area contributed by atoms with Crippen LogP contribution in [-0.4, -0.2) is 82.4 Å². The maximum atomic E-state index is 2.64. The van der Waals surface area contributed by atoms with Gasteiger partial charge in [-0.3, -0.25) is 0 Å². The summed E-state index contributed by atoms with van der Waals surface area (Å²) in [6, 6.07) is 0. The molecule has 0 aliphatic rings. The van der Waals surface area contributed by atoms with Gasteiger partial charge in [0.1, 0.15) is 0 Å². The SMILES string of the molecule is [BiH3].[SbH3].[Se]=[Te]. The maximum absolute atomic E-state index is 2.64. The van der Waals surface area contributed by atoms with Gasteiger partial charge < -0.3 is 0 Å². The summed E-state index contributed by atoms with van der Waals surface area (Å²) in [5.41, 5.74) is 0. The molecular weight excluding hydrogens is 537 g/mol. The summed E-state index contributed by atoms with van der Waals surface area (Å²) in [7, 11) is 0. The molecule has 0 saturated heterocycles. The van der Waals surface area contributed by atoms with Crippen molar-refractivity contribution >= 4 is 82.4 Å². The van der Waals surface area contributed by atoms with Crippen molar-refractivity contribution in [1.82, 2.24) is 0 Å². The second-order valence-corrected chi connectivity index (χ2v) is 0. The van der Waals surface area contributed by atoms with E-state index in [4.69, 9.17) is 0 Å². The van der Waals surface area contributed by atoms with Crippen molar-refractivity contribution < 1.29 is 0 Å². The van der Waals surface area contributed by atoms with Crippen LogP contribution in [0.1, 0.15) is 0 Å². The molecule has 0 aromatic carbocycles. The predicted molar refractivity (Wildman–Crippen MR) is 31.4 cm³/mol. The molecule has 4 heavy (non-hydrogen) atoms. The van der Waals surface area contributed by atoms with Crippen molar-refractivity contribution in [2.24, 2.45) is 0 Å². The van der Waals surface area contributed by atoms with Gasteiger partial charge >= 0.3 is 82.4 Å².